The molecule has 2 N–H and O–H groups in total. The lowest BCUT2D eigenvalue weighted by molar-refractivity contribution is 0.914. The molecule has 0 fully saturated rings. The minimum absolute atomic E-state index is 0.343. The molecule has 0 amide bonds. The van der Waals surface area contributed by atoms with E-state index < -0.39 is 0 Å². The van der Waals surface area contributed by atoms with Gasteiger partial charge in [-0.2, -0.15) is 10.1 Å². The quantitative estimate of drug-likeness (QED) is 0.806. The Kier molecular flexibility index (Phi) is 3.17. The zero-order chi connectivity index (χ0) is 11.5. The lowest BCUT2D eigenvalue weighted by Crippen LogP contribution is -2.00. The topological polar surface area (TPSA) is 53.6 Å². The molecule has 1 heterocycles. The summed E-state index contributed by atoms with van der Waals surface area (Å²) in [6.45, 7) is 1.84. The zero-order valence-electron chi connectivity index (χ0n) is 8.49. The van der Waals surface area contributed by atoms with Crippen LogP contribution in [0.25, 0.3) is 0 Å². The van der Waals surface area contributed by atoms with Crippen molar-refractivity contribution in [3.63, 3.8) is 0 Å². The molecule has 1 aromatic heterocycles. The Hall–Kier alpha value is -1.46. The van der Waals surface area contributed by atoms with Crippen molar-refractivity contribution in [2.24, 2.45) is 0 Å². The van der Waals surface area contributed by atoms with Gasteiger partial charge in [0.1, 0.15) is 5.69 Å². The van der Waals surface area contributed by atoms with Crippen LogP contribution in [0.15, 0.2) is 24.3 Å². The number of benzene rings is 1. The smallest absolute Gasteiger partial charge is 0.215 e. The molecular formula is C10H9ClN4S. The molecule has 0 radical (unpaired) electrons. The highest BCUT2D eigenvalue weighted by Gasteiger charge is 2.02. The molecule has 82 valence electrons. The highest BCUT2D eigenvalue weighted by Crippen LogP contribution is 2.19. The van der Waals surface area contributed by atoms with E-state index in [1.165, 1.54) is 0 Å². The van der Waals surface area contributed by atoms with E-state index in [1.807, 2.05) is 31.2 Å². The Balaban J connectivity index is 2.33. The molecular weight excluding hydrogens is 244 g/mol. The molecule has 16 heavy (non-hydrogen) atoms. The van der Waals surface area contributed by atoms with E-state index >= 15 is 0 Å². The van der Waals surface area contributed by atoms with E-state index in [-0.39, 0.29) is 0 Å². The average molecular weight is 253 g/mol. The van der Waals surface area contributed by atoms with Crippen LogP contribution in [0, 0.1) is 11.7 Å². The Morgan fingerprint density at radius 3 is 3.00 bits per heavy atom. The first-order chi connectivity index (χ1) is 7.65. The fraction of sp³-hybridized carbons (Fsp3) is 0.100. The third kappa shape index (κ3) is 2.56. The lowest BCUT2D eigenvalue weighted by Gasteiger charge is -2.07. The van der Waals surface area contributed by atoms with Crippen LogP contribution in [0.4, 0.5) is 11.5 Å². The largest absolute Gasteiger partial charge is 0.339 e. The van der Waals surface area contributed by atoms with Crippen molar-refractivity contribution in [2.45, 2.75) is 6.92 Å². The number of hydrogen-bond acceptors (Lipinski definition) is 4. The molecule has 0 saturated carbocycles. The lowest BCUT2D eigenvalue weighted by atomic mass is 10.3. The molecule has 4 nitrogen and oxygen atoms in total. The Bertz CT molecular complexity index is 567. The van der Waals surface area contributed by atoms with Crippen molar-refractivity contribution in [2.75, 3.05) is 5.32 Å². The zero-order valence-corrected chi connectivity index (χ0v) is 10.1. The average Bonchev–Trinajstić information content (AvgIpc) is 2.24. The summed E-state index contributed by atoms with van der Waals surface area (Å²) in [6.07, 6.45) is 0. The Morgan fingerprint density at radius 2 is 2.25 bits per heavy atom. The monoisotopic (exact) mass is 252 g/mol. The van der Waals surface area contributed by atoms with E-state index in [4.69, 9.17) is 23.8 Å². The van der Waals surface area contributed by atoms with Gasteiger partial charge in [-0.15, -0.1) is 0 Å². The molecule has 2 rings (SSSR count). The number of aromatic amines is 1. The molecule has 6 heteroatoms. The minimum Gasteiger partial charge on any atom is -0.339 e. The summed E-state index contributed by atoms with van der Waals surface area (Å²) in [4.78, 5) is 4.14. The molecule has 2 aromatic rings. The number of anilines is 2. The standard InChI is InChI=1S/C10H9ClN4S/c1-6-9(13-10(16)15-14-6)12-8-4-2-3-7(11)5-8/h2-5H,1H3,(H2,12,13,15,16). The van der Waals surface area contributed by atoms with Gasteiger partial charge in [-0.3, -0.25) is 5.10 Å². The van der Waals surface area contributed by atoms with Crippen LogP contribution < -0.4 is 5.32 Å². The van der Waals surface area contributed by atoms with Crippen LogP contribution in [-0.2, 0) is 0 Å². The number of rotatable bonds is 2. The Labute approximate surface area is 103 Å². The van der Waals surface area contributed by atoms with Crippen molar-refractivity contribution in [3.8, 4) is 0 Å². The maximum absolute atomic E-state index is 5.88. The summed E-state index contributed by atoms with van der Waals surface area (Å²) in [5, 5.41) is 10.4. The molecule has 0 bridgehead atoms. The van der Waals surface area contributed by atoms with Crippen LogP contribution >= 0.6 is 23.8 Å². The molecule has 0 unspecified atom stereocenters. The summed E-state index contributed by atoms with van der Waals surface area (Å²) in [6, 6.07) is 7.37. The molecule has 0 atom stereocenters. The fourth-order valence-electron chi connectivity index (χ4n) is 1.21. The van der Waals surface area contributed by atoms with Gasteiger partial charge in [-0.1, -0.05) is 17.7 Å². The van der Waals surface area contributed by atoms with Gasteiger partial charge < -0.3 is 5.32 Å². The van der Waals surface area contributed by atoms with Crippen molar-refractivity contribution in [1.29, 1.82) is 0 Å². The van der Waals surface area contributed by atoms with Gasteiger partial charge in [-0.25, -0.2) is 0 Å². The summed E-state index contributed by atoms with van der Waals surface area (Å²) in [7, 11) is 0. The van der Waals surface area contributed by atoms with Crippen molar-refractivity contribution >= 4 is 35.3 Å². The highest BCUT2D eigenvalue weighted by atomic mass is 35.5. The van der Waals surface area contributed by atoms with E-state index in [0.29, 0.717) is 15.6 Å². The maximum atomic E-state index is 5.88. The summed E-state index contributed by atoms with van der Waals surface area (Å²) < 4.78 is 0.343. The number of hydrogen-bond donors (Lipinski definition) is 2. The normalized spacial score (nSPS) is 10.1. The molecule has 0 aliphatic heterocycles. The second-order valence-corrected chi connectivity index (χ2v) is 4.03. The van der Waals surface area contributed by atoms with E-state index in [0.717, 1.165) is 11.4 Å². The molecule has 0 saturated heterocycles. The number of aryl methyl sites for hydroxylation is 1. The first-order valence-electron chi connectivity index (χ1n) is 4.61. The van der Waals surface area contributed by atoms with Gasteiger partial charge in [0, 0.05) is 10.7 Å². The molecule has 1 aromatic carbocycles. The number of nitrogens with zero attached hydrogens (tertiary/aromatic N) is 2. The van der Waals surface area contributed by atoms with Crippen LogP contribution in [0.1, 0.15) is 5.69 Å². The molecule has 0 aliphatic carbocycles. The van der Waals surface area contributed by atoms with Gasteiger partial charge in [-0.05, 0) is 37.3 Å². The Morgan fingerprint density at radius 1 is 1.44 bits per heavy atom. The SMILES string of the molecule is Cc1n[nH]c(=S)nc1Nc1cccc(Cl)c1. The maximum Gasteiger partial charge on any atom is 0.215 e. The number of halogens is 1. The second kappa shape index (κ2) is 4.59. The van der Waals surface area contributed by atoms with Crippen molar-refractivity contribution < 1.29 is 0 Å². The first kappa shape index (κ1) is 11.0. The van der Waals surface area contributed by atoms with Gasteiger partial charge in [0.05, 0.1) is 0 Å². The third-order valence-electron chi connectivity index (χ3n) is 1.96. The van der Waals surface area contributed by atoms with E-state index in [2.05, 4.69) is 20.5 Å². The predicted molar refractivity (Wildman–Crippen MR) is 66.7 cm³/mol. The van der Waals surface area contributed by atoms with Crippen LogP contribution in [0.2, 0.25) is 5.02 Å². The van der Waals surface area contributed by atoms with Crippen LogP contribution in [0.5, 0.6) is 0 Å². The number of aromatic nitrogens is 3. The fourth-order valence-corrected chi connectivity index (χ4v) is 1.54. The van der Waals surface area contributed by atoms with Crippen molar-refractivity contribution in [1.82, 2.24) is 15.2 Å². The molecule has 0 aliphatic rings. The number of nitrogens with one attached hydrogen (secondary N) is 2. The summed E-state index contributed by atoms with van der Waals surface area (Å²) in [5.41, 5.74) is 1.60. The minimum atomic E-state index is 0.343. The van der Waals surface area contributed by atoms with Gasteiger partial charge in [0.15, 0.2) is 5.82 Å². The third-order valence-corrected chi connectivity index (χ3v) is 2.38. The van der Waals surface area contributed by atoms with E-state index in [9.17, 15) is 0 Å². The number of H-pyrrole nitrogens is 1. The van der Waals surface area contributed by atoms with Crippen molar-refractivity contribution in [3.05, 3.63) is 39.8 Å². The van der Waals surface area contributed by atoms with Gasteiger partial charge >= 0.3 is 0 Å². The summed E-state index contributed by atoms with van der Waals surface area (Å²) >= 11 is 10.8. The van der Waals surface area contributed by atoms with E-state index in [1.54, 1.807) is 0 Å². The first-order valence-corrected chi connectivity index (χ1v) is 5.40. The molecule has 0 spiro atoms. The van der Waals surface area contributed by atoms with Crippen LogP contribution in [-0.4, -0.2) is 15.2 Å². The predicted octanol–water partition coefficient (Wildman–Crippen LogP) is 3.24. The highest BCUT2D eigenvalue weighted by molar-refractivity contribution is 7.71. The summed E-state index contributed by atoms with van der Waals surface area (Å²) in [5.74, 6) is 0.631. The van der Waals surface area contributed by atoms with Crippen LogP contribution in [0.3, 0.4) is 0 Å². The van der Waals surface area contributed by atoms with Gasteiger partial charge in [0.25, 0.3) is 0 Å². The second-order valence-electron chi connectivity index (χ2n) is 3.21. The van der Waals surface area contributed by atoms with Gasteiger partial charge in [0.2, 0.25) is 4.77 Å².